The molecule has 3 aliphatic carbocycles. The SMILES string of the molecule is CCCCCC1CCC2CC(C3CCc4c(ccc(C(=O)OC)c4F)C3)CCC2C1. The zero-order chi connectivity index (χ0) is 21.1. The van der Waals surface area contributed by atoms with Crippen molar-refractivity contribution >= 4 is 5.97 Å². The summed E-state index contributed by atoms with van der Waals surface area (Å²) in [5.74, 6) is 3.47. The summed E-state index contributed by atoms with van der Waals surface area (Å²) >= 11 is 0. The molecule has 5 atom stereocenters. The van der Waals surface area contributed by atoms with Crippen molar-refractivity contribution in [2.24, 2.45) is 29.6 Å². The highest BCUT2D eigenvalue weighted by molar-refractivity contribution is 5.90. The third kappa shape index (κ3) is 4.60. The number of methoxy groups -OCH3 is 1. The molecule has 0 amide bonds. The van der Waals surface area contributed by atoms with Crippen LogP contribution in [0.1, 0.15) is 99.0 Å². The Labute approximate surface area is 182 Å². The quantitative estimate of drug-likeness (QED) is 0.365. The fourth-order valence-electron chi connectivity index (χ4n) is 6.90. The number of carbonyl (C=O) groups is 1. The van der Waals surface area contributed by atoms with E-state index in [1.807, 2.05) is 6.07 Å². The van der Waals surface area contributed by atoms with E-state index in [0.29, 0.717) is 5.92 Å². The number of carbonyl (C=O) groups excluding carboxylic acids is 1. The topological polar surface area (TPSA) is 26.3 Å². The van der Waals surface area contributed by atoms with Gasteiger partial charge in [0.05, 0.1) is 12.7 Å². The van der Waals surface area contributed by atoms with E-state index in [-0.39, 0.29) is 11.4 Å². The van der Waals surface area contributed by atoms with Crippen LogP contribution >= 0.6 is 0 Å². The average molecular weight is 415 g/mol. The molecule has 2 saturated carbocycles. The van der Waals surface area contributed by atoms with E-state index in [9.17, 15) is 9.18 Å². The van der Waals surface area contributed by atoms with Crippen LogP contribution in [0, 0.1) is 35.4 Å². The Morgan fingerprint density at radius 2 is 1.73 bits per heavy atom. The van der Waals surface area contributed by atoms with E-state index in [4.69, 9.17) is 4.74 Å². The molecule has 0 heterocycles. The highest BCUT2D eigenvalue weighted by atomic mass is 19.1. The van der Waals surface area contributed by atoms with Crippen LogP contribution in [0.5, 0.6) is 0 Å². The summed E-state index contributed by atoms with van der Waals surface area (Å²) in [4.78, 5) is 11.8. The normalized spacial score (nSPS) is 31.0. The molecule has 4 rings (SSSR count). The van der Waals surface area contributed by atoms with Gasteiger partial charge >= 0.3 is 5.97 Å². The molecule has 3 aliphatic rings. The molecule has 2 fully saturated rings. The monoisotopic (exact) mass is 414 g/mol. The van der Waals surface area contributed by atoms with Crippen LogP contribution in [0.2, 0.25) is 0 Å². The molecule has 2 nitrogen and oxygen atoms in total. The van der Waals surface area contributed by atoms with Gasteiger partial charge in [0.1, 0.15) is 5.82 Å². The molecule has 0 aliphatic heterocycles. The van der Waals surface area contributed by atoms with Gasteiger partial charge in [0.15, 0.2) is 0 Å². The summed E-state index contributed by atoms with van der Waals surface area (Å²) in [6.45, 7) is 2.30. The minimum atomic E-state index is -0.568. The van der Waals surface area contributed by atoms with Crippen LogP contribution in [0.4, 0.5) is 4.39 Å². The Balaban J connectivity index is 1.34. The maximum absolute atomic E-state index is 14.8. The standard InChI is InChI=1S/C27H39FO2/c1-3-4-5-6-18-7-8-20-16-21(10-9-19(20)15-18)22-11-13-24-23(17-22)12-14-25(26(24)28)27(29)30-2/h12,14,18-22H,3-11,13,15-17H2,1-2H3. The van der Waals surface area contributed by atoms with Crippen molar-refractivity contribution in [1.29, 1.82) is 0 Å². The molecule has 0 saturated heterocycles. The van der Waals surface area contributed by atoms with E-state index in [2.05, 4.69) is 6.92 Å². The second-order valence-corrected chi connectivity index (χ2v) is 10.3. The number of halogens is 1. The number of unbranched alkanes of at least 4 members (excludes halogenated alkanes) is 2. The summed E-state index contributed by atoms with van der Waals surface area (Å²) in [6.07, 6.45) is 17.0. The molecule has 0 radical (unpaired) electrons. The van der Waals surface area contributed by atoms with Crippen molar-refractivity contribution in [3.63, 3.8) is 0 Å². The third-order valence-corrected chi connectivity index (χ3v) is 8.64. The average Bonchev–Trinajstić information content (AvgIpc) is 2.78. The third-order valence-electron chi connectivity index (χ3n) is 8.64. The number of rotatable bonds is 6. The van der Waals surface area contributed by atoms with Gasteiger partial charge in [0.25, 0.3) is 0 Å². The van der Waals surface area contributed by atoms with Gasteiger partial charge < -0.3 is 4.74 Å². The van der Waals surface area contributed by atoms with Gasteiger partial charge in [0.2, 0.25) is 0 Å². The zero-order valence-electron chi connectivity index (χ0n) is 18.9. The van der Waals surface area contributed by atoms with Crippen LogP contribution in [0.25, 0.3) is 0 Å². The number of fused-ring (bicyclic) bond motifs is 2. The lowest BCUT2D eigenvalue weighted by atomic mass is 9.60. The molecule has 5 unspecified atom stereocenters. The zero-order valence-corrected chi connectivity index (χ0v) is 18.9. The maximum Gasteiger partial charge on any atom is 0.340 e. The van der Waals surface area contributed by atoms with E-state index < -0.39 is 5.97 Å². The maximum atomic E-state index is 14.8. The first-order valence-electron chi connectivity index (χ1n) is 12.5. The molecule has 1 aromatic carbocycles. The van der Waals surface area contributed by atoms with Crippen molar-refractivity contribution in [3.05, 3.63) is 34.6 Å². The Hall–Kier alpha value is -1.38. The molecular formula is C27H39FO2. The van der Waals surface area contributed by atoms with Crippen molar-refractivity contribution in [2.75, 3.05) is 7.11 Å². The lowest BCUT2D eigenvalue weighted by Crippen LogP contribution is -2.35. The highest BCUT2D eigenvalue weighted by Crippen LogP contribution is 2.49. The van der Waals surface area contributed by atoms with E-state index in [0.717, 1.165) is 54.1 Å². The summed E-state index contributed by atoms with van der Waals surface area (Å²) in [5, 5.41) is 0. The fourth-order valence-corrected chi connectivity index (χ4v) is 6.90. The minimum Gasteiger partial charge on any atom is -0.465 e. The van der Waals surface area contributed by atoms with Crippen molar-refractivity contribution < 1.29 is 13.9 Å². The number of esters is 1. The first-order valence-corrected chi connectivity index (χ1v) is 12.5. The Bertz CT molecular complexity index is 743. The predicted molar refractivity (Wildman–Crippen MR) is 119 cm³/mol. The van der Waals surface area contributed by atoms with Crippen LogP contribution in [-0.4, -0.2) is 13.1 Å². The molecule has 166 valence electrons. The second-order valence-electron chi connectivity index (χ2n) is 10.3. The van der Waals surface area contributed by atoms with Crippen molar-refractivity contribution in [2.45, 2.75) is 90.4 Å². The van der Waals surface area contributed by atoms with Crippen molar-refractivity contribution in [1.82, 2.24) is 0 Å². The lowest BCUT2D eigenvalue weighted by Gasteiger charge is -2.45. The second kappa shape index (κ2) is 9.83. The van der Waals surface area contributed by atoms with Gasteiger partial charge in [-0.15, -0.1) is 0 Å². The minimum absolute atomic E-state index is 0.0888. The largest absolute Gasteiger partial charge is 0.465 e. The van der Waals surface area contributed by atoms with E-state index in [1.54, 1.807) is 6.07 Å². The number of hydrogen-bond acceptors (Lipinski definition) is 2. The van der Waals surface area contributed by atoms with Crippen LogP contribution < -0.4 is 0 Å². The fraction of sp³-hybridized carbons (Fsp3) is 0.741. The van der Waals surface area contributed by atoms with Gasteiger partial charge in [-0.05, 0) is 98.1 Å². The van der Waals surface area contributed by atoms with E-state index in [1.165, 1.54) is 71.3 Å². The van der Waals surface area contributed by atoms with Crippen LogP contribution in [0.15, 0.2) is 12.1 Å². The predicted octanol–water partition coefficient (Wildman–Crippen LogP) is 7.13. The van der Waals surface area contributed by atoms with Gasteiger partial charge in [-0.3, -0.25) is 0 Å². The van der Waals surface area contributed by atoms with Gasteiger partial charge in [0, 0.05) is 0 Å². The number of hydrogen-bond donors (Lipinski definition) is 0. The Morgan fingerprint density at radius 3 is 2.50 bits per heavy atom. The lowest BCUT2D eigenvalue weighted by molar-refractivity contribution is 0.0594. The molecule has 0 bridgehead atoms. The molecule has 0 aromatic heterocycles. The molecule has 0 N–H and O–H groups in total. The highest BCUT2D eigenvalue weighted by Gasteiger charge is 2.38. The van der Waals surface area contributed by atoms with Crippen LogP contribution in [-0.2, 0) is 17.6 Å². The van der Waals surface area contributed by atoms with Gasteiger partial charge in [-0.1, -0.05) is 45.1 Å². The number of ether oxygens (including phenoxy) is 1. The summed E-state index contributed by atoms with van der Waals surface area (Å²) in [6, 6.07) is 3.60. The first kappa shape index (κ1) is 21.8. The molecule has 0 spiro atoms. The summed E-state index contributed by atoms with van der Waals surface area (Å²) in [5.41, 5.74) is 1.97. The van der Waals surface area contributed by atoms with Gasteiger partial charge in [-0.25, -0.2) is 9.18 Å². The Kier molecular flexibility index (Phi) is 7.16. The Morgan fingerprint density at radius 1 is 1.00 bits per heavy atom. The smallest absolute Gasteiger partial charge is 0.340 e. The summed E-state index contributed by atoms with van der Waals surface area (Å²) in [7, 11) is 1.31. The molecule has 30 heavy (non-hydrogen) atoms. The van der Waals surface area contributed by atoms with Crippen LogP contribution in [0.3, 0.4) is 0 Å². The summed E-state index contributed by atoms with van der Waals surface area (Å²) < 4.78 is 19.6. The first-order chi connectivity index (χ1) is 14.6. The molecular weight excluding hydrogens is 375 g/mol. The molecule has 1 aromatic rings. The molecule has 3 heteroatoms. The number of benzene rings is 1. The van der Waals surface area contributed by atoms with E-state index >= 15 is 0 Å². The van der Waals surface area contributed by atoms with Gasteiger partial charge in [-0.2, -0.15) is 0 Å². The van der Waals surface area contributed by atoms with Crippen molar-refractivity contribution in [3.8, 4) is 0 Å².